The first-order valence-electron chi connectivity index (χ1n) is 7.07. The summed E-state index contributed by atoms with van der Waals surface area (Å²) >= 11 is 0. The lowest BCUT2D eigenvalue weighted by atomic mass is 9.76. The van der Waals surface area contributed by atoms with Crippen LogP contribution in [-0.4, -0.2) is 40.8 Å². The van der Waals surface area contributed by atoms with Crippen molar-refractivity contribution in [3.63, 3.8) is 0 Å². The average Bonchev–Trinajstić information content (AvgIpc) is 2.59. The normalized spacial score (nSPS) is 29.0. The Morgan fingerprint density at radius 3 is 3.00 bits per heavy atom. The summed E-state index contributed by atoms with van der Waals surface area (Å²) in [5.41, 5.74) is 2.32. The van der Waals surface area contributed by atoms with Crippen LogP contribution in [0.4, 0.5) is 0 Å². The van der Waals surface area contributed by atoms with Gasteiger partial charge >= 0.3 is 0 Å². The van der Waals surface area contributed by atoms with Gasteiger partial charge in [-0.2, -0.15) is 5.10 Å². The van der Waals surface area contributed by atoms with E-state index in [2.05, 4.69) is 41.8 Å². The molecule has 21 heavy (non-hydrogen) atoms. The number of hydrogen-bond donors (Lipinski definition) is 3. The van der Waals surface area contributed by atoms with E-state index in [0.717, 1.165) is 10.7 Å². The molecule has 4 unspecified atom stereocenters. The summed E-state index contributed by atoms with van der Waals surface area (Å²) in [6.07, 6.45) is 3.46. The number of nitrogens with two attached hydrogens (primary N) is 2. The molecule has 1 fully saturated rings. The molecule has 0 aromatic rings. The van der Waals surface area contributed by atoms with Crippen molar-refractivity contribution in [3.8, 4) is 0 Å². The van der Waals surface area contributed by atoms with Gasteiger partial charge in [0.25, 0.3) is 0 Å². The van der Waals surface area contributed by atoms with E-state index in [1.165, 1.54) is 12.0 Å². The van der Waals surface area contributed by atoms with E-state index >= 15 is 0 Å². The van der Waals surface area contributed by atoms with Gasteiger partial charge in [-0.3, -0.25) is 9.80 Å². The maximum absolute atomic E-state index is 11.9. The van der Waals surface area contributed by atoms with Crippen molar-refractivity contribution in [2.45, 2.75) is 32.9 Å². The van der Waals surface area contributed by atoms with Crippen molar-refractivity contribution in [1.29, 1.82) is 0 Å². The minimum Gasteiger partial charge on any atom is -0.351 e. The Kier molecular flexibility index (Phi) is 4.22. The van der Waals surface area contributed by atoms with Crippen LogP contribution >= 0.6 is 0 Å². The van der Waals surface area contributed by atoms with E-state index in [1.54, 1.807) is 0 Å². The predicted octanol–water partition coefficient (Wildman–Crippen LogP) is -0.0636. The number of hydrazone groups is 1. The van der Waals surface area contributed by atoms with Crippen LogP contribution in [-0.2, 0) is 4.79 Å². The first-order chi connectivity index (χ1) is 9.86. The van der Waals surface area contributed by atoms with Crippen molar-refractivity contribution in [2.24, 2.45) is 28.6 Å². The second-order valence-corrected chi connectivity index (χ2v) is 5.84. The quantitative estimate of drug-likeness (QED) is 0.285. The molecule has 7 heteroatoms. The number of hydrazine groups is 1. The Morgan fingerprint density at radius 2 is 2.38 bits per heavy atom. The molecule has 2 heterocycles. The summed E-state index contributed by atoms with van der Waals surface area (Å²) < 4.78 is 0. The molecule has 0 spiro atoms. The number of carbonyl (C=O) groups is 1. The third kappa shape index (κ3) is 2.73. The van der Waals surface area contributed by atoms with Gasteiger partial charge in [-0.15, -0.1) is 0 Å². The fraction of sp³-hybridized carbons (Fsp3) is 0.571. The standard InChI is InChI=1S/C14H24N6O/c1-8-5-9(2)20-11(4)13(14(8)20)10(3)18-12(21)6-19(16)7-17-15/h5,7-8,10,13-14H,4,6,15-16H2,1-3H3,(H,18,21)/b17-7-. The topological polar surface area (TPSA) is 100.0 Å². The zero-order chi connectivity index (χ0) is 15.7. The Balaban J connectivity index is 1.92. The van der Waals surface area contributed by atoms with Gasteiger partial charge in [0.2, 0.25) is 5.91 Å². The van der Waals surface area contributed by atoms with E-state index in [-0.39, 0.29) is 24.4 Å². The molecule has 2 aliphatic heterocycles. The number of rotatable bonds is 5. The zero-order valence-electron chi connectivity index (χ0n) is 12.8. The molecule has 0 aliphatic carbocycles. The minimum atomic E-state index is -0.161. The van der Waals surface area contributed by atoms with Gasteiger partial charge in [-0.1, -0.05) is 19.6 Å². The van der Waals surface area contributed by atoms with Gasteiger partial charge in [-0.25, -0.2) is 5.84 Å². The maximum Gasteiger partial charge on any atom is 0.241 e. The first kappa shape index (κ1) is 15.4. The highest BCUT2D eigenvalue weighted by Gasteiger charge is 2.50. The number of nitrogens with one attached hydrogen (secondary N) is 1. The van der Waals surface area contributed by atoms with Crippen LogP contribution in [0, 0.1) is 11.8 Å². The molecular weight excluding hydrogens is 268 g/mol. The molecule has 0 aromatic carbocycles. The van der Waals surface area contributed by atoms with Gasteiger partial charge in [0.05, 0.1) is 0 Å². The van der Waals surface area contributed by atoms with Crippen molar-refractivity contribution < 1.29 is 4.79 Å². The van der Waals surface area contributed by atoms with Crippen molar-refractivity contribution in [1.82, 2.24) is 15.2 Å². The van der Waals surface area contributed by atoms with E-state index in [4.69, 9.17) is 11.7 Å². The summed E-state index contributed by atoms with van der Waals surface area (Å²) in [5.74, 6) is 11.1. The fourth-order valence-corrected chi connectivity index (χ4v) is 3.48. The Morgan fingerprint density at radius 1 is 1.71 bits per heavy atom. The smallest absolute Gasteiger partial charge is 0.241 e. The lowest BCUT2D eigenvalue weighted by Crippen LogP contribution is -2.60. The van der Waals surface area contributed by atoms with E-state index in [1.807, 2.05) is 6.92 Å². The number of amides is 1. The molecule has 1 saturated heterocycles. The molecular formula is C14H24N6O. The maximum atomic E-state index is 11.9. The van der Waals surface area contributed by atoms with Crippen LogP contribution in [0.5, 0.6) is 0 Å². The summed E-state index contributed by atoms with van der Waals surface area (Å²) in [6, 6.07) is 0.406. The van der Waals surface area contributed by atoms with Crippen LogP contribution < -0.4 is 17.0 Å². The molecule has 0 bridgehead atoms. The molecule has 0 radical (unpaired) electrons. The third-order valence-corrected chi connectivity index (χ3v) is 4.25. The van der Waals surface area contributed by atoms with Crippen LogP contribution in [0.1, 0.15) is 20.8 Å². The monoisotopic (exact) mass is 292 g/mol. The van der Waals surface area contributed by atoms with Crippen molar-refractivity contribution in [3.05, 3.63) is 24.0 Å². The molecule has 4 atom stereocenters. The number of hydrogen-bond acceptors (Lipinski definition) is 5. The van der Waals surface area contributed by atoms with E-state index in [0.29, 0.717) is 12.0 Å². The third-order valence-electron chi connectivity index (χ3n) is 4.25. The van der Waals surface area contributed by atoms with E-state index < -0.39 is 0 Å². The molecule has 2 rings (SSSR count). The molecule has 5 N–H and O–H groups in total. The van der Waals surface area contributed by atoms with Gasteiger partial charge < -0.3 is 16.1 Å². The fourth-order valence-electron chi connectivity index (χ4n) is 3.48. The van der Waals surface area contributed by atoms with E-state index in [9.17, 15) is 4.79 Å². The Bertz CT molecular complexity index is 500. The Hall–Kier alpha value is -2.02. The lowest BCUT2D eigenvalue weighted by molar-refractivity contribution is -0.122. The molecule has 116 valence electrons. The second-order valence-electron chi connectivity index (χ2n) is 5.84. The predicted molar refractivity (Wildman–Crippen MR) is 82.4 cm³/mol. The highest BCUT2D eigenvalue weighted by molar-refractivity contribution is 5.80. The van der Waals surface area contributed by atoms with Gasteiger partial charge in [0.1, 0.15) is 12.9 Å². The molecule has 7 nitrogen and oxygen atoms in total. The summed E-state index contributed by atoms with van der Waals surface area (Å²) in [5, 5.41) is 7.39. The molecule has 2 aliphatic rings. The zero-order valence-corrected chi connectivity index (χ0v) is 12.8. The summed E-state index contributed by atoms with van der Waals surface area (Å²) in [7, 11) is 0. The average molecular weight is 292 g/mol. The van der Waals surface area contributed by atoms with Crippen LogP contribution in [0.3, 0.4) is 0 Å². The summed E-state index contributed by atoms with van der Waals surface area (Å²) in [4.78, 5) is 14.2. The van der Waals surface area contributed by atoms with Gasteiger partial charge in [0, 0.05) is 29.4 Å². The van der Waals surface area contributed by atoms with Gasteiger partial charge in [-0.05, 0) is 19.8 Å². The molecule has 0 saturated carbocycles. The highest BCUT2D eigenvalue weighted by atomic mass is 16.2. The minimum absolute atomic E-state index is 0.0104. The Labute approximate surface area is 125 Å². The van der Waals surface area contributed by atoms with Crippen molar-refractivity contribution in [2.75, 3.05) is 6.54 Å². The van der Waals surface area contributed by atoms with Crippen LogP contribution in [0.15, 0.2) is 29.2 Å². The highest BCUT2D eigenvalue weighted by Crippen LogP contribution is 2.48. The number of fused-ring (bicyclic) bond motifs is 1. The van der Waals surface area contributed by atoms with Gasteiger partial charge in [0.15, 0.2) is 0 Å². The van der Waals surface area contributed by atoms with Crippen LogP contribution in [0.2, 0.25) is 0 Å². The number of allylic oxidation sites excluding steroid dienone is 1. The first-order valence-corrected chi connectivity index (χ1v) is 7.07. The summed E-state index contributed by atoms with van der Waals surface area (Å²) in [6.45, 7) is 10.5. The molecule has 1 amide bonds. The largest absolute Gasteiger partial charge is 0.351 e. The number of carbonyl (C=O) groups excluding carboxylic acids is 1. The number of nitrogens with zero attached hydrogens (tertiary/aromatic N) is 3. The second kappa shape index (κ2) is 5.77. The SMILES string of the molecule is C=C1C(C(C)NC(=O)CN(N)/C=N\N)C2C(C)C=C(C)N12. The lowest BCUT2D eigenvalue weighted by Gasteiger charge is -2.52. The van der Waals surface area contributed by atoms with Crippen molar-refractivity contribution >= 4 is 12.2 Å². The molecule has 0 aromatic heterocycles. The van der Waals surface area contributed by atoms with Crippen LogP contribution in [0.25, 0.3) is 0 Å².